The molecule has 1 aliphatic heterocycles. The van der Waals surface area contributed by atoms with Gasteiger partial charge in [0.25, 0.3) is 0 Å². The monoisotopic (exact) mass is 404 g/mol. The number of aryl methyl sites for hydroxylation is 1. The van der Waals surface area contributed by atoms with Gasteiger partial charge in [-0.2, -0.15) is 0 Å². The van der Waals surface area contributed by atoms with Gasteiger partial charge in [0.1, 0.15) is 11.6 Å². The Balaban J connectivity index is 1.56. The zero-order chi connectivity index (χ0) is 21.1. The minimum absolute atomic E-state index is 0.0325. The van der Waals surface area contributed by atoms with Crippen molar-refractivity contribution in [3.05, 3.63) is 83.4 Å². The van der Waals surface area contributed by atoms with Crippen molar-refractivity contribution < 1.29 is 13.9 Å². The van der Waals surface area contributed by atoms with E-state index in [9.17, 15) is 9.18 Å². The van der Waals surface area contributed by atoms with Crippen LogP contribution in [0, 0.1) is 12.7 Å². The minimum Gasteiger partial charge on any atom is -0.497 e. The van der Waals surface area contributed by atoms with Gasteiger partial charge in [-0.25, -0.2) is 4.39 Å². The number of carbonyl (C=O) groups is 1. The number of carbonyl (C=O) groups excluding carboxylic acids is 1. The SMILES string of the molecule is COc1ccc(CC(=O)N2CCCC2c2cc(-c3ccc(F)cc3)cc(C)n2)cc1. The number of benzene rings is 2. The Kier molecular flexibility index (Phi) is 5.79. The molecule has 0 aliphatic carbocycles. The lowest BCUT2D eigenvalue weighted by molar-refractivity contribution is -0.131. The fraction of sp³-hybridized carbons (Fsp3) is 0.280. The second kappa shape index (κ2) is 8.66. The quantitative estimate of drug-likeness (QED) is 0.593. The second-order valence-corrected chi connectivity index (χ2v) is 7.70. The lowest BCUT2D eigenvalue weighted by Gasteiger charge is -2.25. The first-order chi connectivity index (χ1) is 14.5. The van der Waals surface area contributed by atoms with Crippen molar-refractivity contribution >= 4 is 5.91 Å². The van der Waals surface area contributed by atoms with Gasteiger partial charge in [0, 0.05) is 12.2 Å². The molecule has 1 aliphatic rings. The van der Waals surface area contributed by atoms with Crippen molar-refractivity contribution in [2.45, 2.75) is 32.2 Å². The maximum Gasteiger partial charge on any atom is 0.227 e. The molecule has 0 saturated carbocycles. The van der Waals surface area contributed by atoms with Crippen LogP contribution in [0.1, 0.15) is 35.8 Å². The van der Waals surface area contributed by atoms with E-state index < -0.39 is 0 Å². The van der Waals surface area contributed by atoms with Crippen molar-refractivity contribution in [1.82, 2.24) is 9.88 Å². The largest absolute Gasteiger partial charge is 0.497 e. The van der Waals surface area contributed by atoms with Gasteiger partial charge >= 0.3 is 0 Å². The number of hydrogen-bond donors (Lipinski definition) is 0. The topological polar surface area (TPSA) is 42.4 Å². The second-order valence-electron chi connectivity index (χ2n) is 7.70. The number of ether oxygens (including phenoxy) is 1. The average Bonchev–Trinajstić information content (AvgIpc) is 3.24. The summed E-state index contributed by atoms with van der Waals surface area (Å²) in [4.78, 5) is 19.7. The molecule has 5 heteroatoms. The Bertz CT molecular complexity index is 1030. The molecule has 2 aromatic carbocycles. The number of pyridine rings is 1. The lowest BCUT2D eigenvalue weighted by atomic mass is 10.0. The van der Waals surface area contributed by atoms with Crippen LogP contribution in [0.4, 0.5) is 4.39 Å². The molecular weight excluding hydrogens is 379 g/mol. The summed E-state index contributed by atoms with van der Waals surface area (Å²) in [6.45, 7) is 2.69. The third-order valence-electron chi connectivity index (χ3n) is 5.58. The van der Waals surface area contributed by atoms with Crippen LogP contribution >= 0.6 is 0 Å². The van der Waals surface area contributed by atoms with E-state index in [-0.39, 0.29) is 17.8 Å². The minimum atomic E-state index is -0.254. The van der Waals surface area contributed by atoms with E-state index >= 15 is 0 Å². The van der Waals surface area contributed by atoms with Crippen LogP contribution in [0.15, 0.2) is 60.7 Å². The van der Waals surface area contributed by atoms with Gasteiger partial charge in [0.2, 0.25) is 5.91 Å². The number of methoxy groups -OCH3 is 1. The molecule has 3 aromatic rings. The van der Waals surface area contributed by atoms with Crippen LogP contribution in [-0.2, 0) is 11.2 Å². The molecule has 1 fully saturated rings. The first-order valence-corrected chi connectivity index (χ1v) is 10.2. The van der Waals surface area contributed by atoms with E-state index in [0.29, 0.717) is 6.42 Å². The molecule has 0 spiro atoms. The van der Waals surface area contributed by atoms with Gasteiger partial charge < -0.3 is 9.64 Å². The summed E-state index contributed by atoms with van der Waals surface area (Å²) in [6.07, 6.45) is 2.21. The number of nitrogens with zero attached hydrogens (tertiary/aromatic N) is 2. The summed E-state index contributed by atoms with van der Waals surface area (Å²) >= 11 is 0. The Morgan fingerprint density at radius 1 is 1.10 bits per heavy atom. The third-order valence-corrected chi connectivity index (χ3v) is 5.58. The predicted octanol–water partition coefficient (Wildman–Crippen LogP) is 5.11. The lowest BCUT2D eigenvalue weighted by Crippen LogP contribution is -2.32. The van der Waals surface area contributed by atoms with Gasteiger partial charge in [-0.05, 0) is 72.9 Å². The number of halogens is 1. The number of aromatic nitrogens is 1. The molecule has 2 heterocycles. The van der Waals surface area contributed by atoms with Crippen molar-refractivity contribution in [1.29, 1.82) is 0 Å². The Hall–Kier alpha value is -3.21. The van der Waals surface area contributed by atoms with Crippen molar-refractivity contribution in [3.8, 4) is 16.9 Å². The molecule has 0 bridgehead atoms. The maximum absolute atomic E-state index is 13.3. The van der Waals surface area contributed by atoms with Crippen LogP contribution in [0.3, 0.4) is 0 Å². The maximum atomic E-state index is 13.3. The van der Waals surface area contributed by atoms with Gasteiger partial charge in [0.05, 0.1) is 25.3 Å². The van der Waals surface area contributed by atoms with E-state index in [1.165, 1.54) is 12.1 Å². The predicted molar refractivity (Wildman–Crippen MR) is 115 cm³/mol. The molecule has 4 rings (SSSR count). The Morgan fingerprint density at radius 2 is 1.83 bits per heavy atom. The van der Waals surface area contributed by atoms with E-state index in [4.69, 9.17) is 9.72 Å². The first kappa shape index (κ1) is 20.1. The summed E-state index contributed by atoms with van der Waals surface area (Å²) in [7, 11) is 1.63. The average molecular weight is 404 g/mol. The van der Waals surface area contributed by atoms with Crippen molar-refractivity contribution in [2.75, 3.05) is 13.7 Å². The van der Waals surface area contributed by atoms with Gasteiger partial charge in [-0.1, -0.05) is 24.3 Å². The molecule has 4 nitrogen and oxygen atoms in total. The number of rotatable bonds is 5. The highest BCUT2D eigenvalue weighted by Gasteiger charge is 2.31. The third kappa shape index (κ3) is 4.35. The number of hydrogen-bond acceptors (Lipinski definition) is 3. The summed E-state index contributed by atoms with van der Waals surface area (Å²) in [5.74, 6) is 0.632. The Labute approximate surface area is 176 Å². The Morgan fingerprint density at radius 3 is 2.53 bits per heavy atom. The molecule has 1 saturated heterocycles. The molecule has 1 unspecified atom stereocenters. The van der Waals surface area contributed by atoms with E-state index in [1.807, 2.05) is 48.2 Å². The summed E-state index contributed by atoms with van der Waals surface area (Å²) < 4.78 is 18.5. The van der Waals surface area contributed by atoms with Gasteiger partial charge in [-0.3, -0.25) is 9.78 Å². The first-order valence-electron chi connectivity index (χ1n) is 10.2. The highest BCUT2D eigenvalue weighted by atomic mass is 19.1. The number of likely N-dealkylation sites (tertiary alicyclic amines) is 1. The van der Waals surface area contributed by atoms with Crippen LogP contribution in [-0.4, -0.2) is 29.4 Å². The van der Waals surface area contributed by atoms with Crippen molar-refractivity contribution in [3.63, 3.8) is 0 Å². The normalized spacial score (nSPS) is 16.0. The van der Waals surface area contributed by atoms with E-state index in [1.54, 1.807) is 19.2 Å². The summed E-state index contributed by atoms with van der Waals surface area (Å²) in [5.41, 5.74) is 4.69. The fourth-order valence-corrected chi connectivity index (χ4v) is 4.07. The smallest absolute Gasteiger partial charge is 0.227 e. The molecule has 1 amide bonds. The van der Waals surface area contributed by atoms with E-state index in [0.717, 1.165) is 53.2 Å². The van der Waals surface area contributed by atoms with E-state index in [2.05, 4.69) is 0 Å². The molecule has 30 heavy (non-hydrogen) atoms. The number of amides is 1. The van der Waals surface area contributed by atoms with Crippen LogP contribution in [0.5, 0.6) is 5.75 Å². The van der Waals surface area contributed by atoms with Crippen LogP contribution in [0.25, 0.3) is 11.1 Å². The highest BCUT2D eigenvalue weighted by Crippen LogP contribution is 2.34. The highest BCUT2D eigenvalue weighted by molar-refractivity contribution is 5.79. The van der Waals surface area contributed by atoms with Crippen molar-refractivity contribution in [2.24, 2.45) is 0 Å². The zero-order valence-electron chi connectivity index (χ0n) is 17.3. The molecule has 0 radical (unpaired) electrons. The van der Waals surface area contributed by atoms with Gasteiger partial charge in [-0.15, -0.1) is 0 Å². The molecule has 1 atom stereocenters. The zero-order valence-corrected chi connectivity index (χ0v) is 17.3. The molecular formula is C25H25FN2O2. The standard InChI is InChI=1S/C25H25FN2O2/c1-17-14-20(19-7-9-21(26)10-8-19)16-23(27-17)24-4-3-13-28(24)25(29)15-18-5-11-22(30-2)12-6-18/h5-12,14,16,24H,3-4,13,15H2,1-2H3. The van der Waals surface area contributed by atoms with Crippen LogP contribution in [0.2, 0.25) is 0 Å². The molecule has 1 aromatic heterocycles. The molecule has 0 N–H and O–H groups in total. The summed E-state index contributed by atoms with van der Waals surface area (Å²) in [6, 6.07) is 18.1. The fourth-order valence-electron chi connectivity index (χ4n) is 4.07. The van der Waals surface area contributed by atoms with Gasteiger partial charge in [0.15, 0.2) is 0 Å². The molecule has 154 valence electrons. The summed E-state index contributed by atoms with van der Waals surface area (Å²) in [5, 5.41) is 0. The van der Waals surface area contributed by atoms with Crippen LogP contribution < -0.4 is 4.74 Å².